The van der Waals surface area contributed by atoms with E-state index in [1.54, 1.807) is 7.11 Å². The molecule has 0 radical (unpaired) electrons. The smallest absolute Gasteiger partial charge is 0.143 e. The van der Waals surface area contributed by atoms with Crippen LogP contribution in [0.2, 0.25) is 0 Å². The Kier molecular flexibility index (Phi) is 5.54. The summed E-state index contributed by atoms with van der Waals surface area (Å²) in [5.41, 5.74) is 2.79. The first-order valence-electron chi connectivity index (χ1n) is 8.16. The fourth-order valence-corrected chi connectivity index (χ4v) is 2.72. The minimum Gasteiger partial charge on any atom is -0.495 e. The number of methoxy groups -OCH3 is 1. The van der Waals surface area contributed by atoms with Crippen LogP contribution in [0.1, 0.15) is 0 Å². The van der Waals surface area contributed by atoms with E-state index in [-0.39, 0.29) is 13.2 Å². The molecule has 3 aromatic rings. The number of hydrogen-bond acceptors (Lipinski definition) is 4. The van der Waals surface area contributed by atoms with Gasteiger partial charge in [-0.05, 0) is 36.4 Å². The zero-order valence-corrected chi connectivity index (χ0v) is 14.1. The molecule has 0 heterocycles. The Balaban J connectivity index is 2.16. The van der Waals surface area contributed by atoms with Crippen molar-refractivity contribution in [3.8, 4) is 11.5 Å². The minimum atomic E-state index is -0.0334. The van der Waals surface area contributed by atoms with Crippen molar-refractivity contribution < 1.29 is 14.6 Å². The highest BCUT2D eigenvalue weighted by molar-refractivity contribution is 5.82. The highest BCUT2D eigenvalue weighted by atomic mass is 16.5. The molecule has 3 rings (SSSR count). The molecule has 0 saturated heterocycles. The number of para-hydroxylation sites is 5. The van der Waals surface area contributed by atoms with Gasteiger partial charge in [-0.25, -0.2) is 0 Å². The van der Waals surface area contributed by atoms with Crippen LogP contribution in [0.4, 0.5) is 17.1 Å². The van der Waals surface area contributed by atoms with Crippen molar-refractivity contribution in [2.45, 2.75) is 0 Å². The van der Waals surface area contributed by atoms with Gasteiger partial charge in [-0.3, -0.25) is 0 Å². The van der Waals surface area contributed by atoms with Crippen molar-refractivity contribution in [3.05, 3.63) is 78.9 Å². The van der Waals surface area contributed by atoms with Crippen LogP contribution in [-0.4, -0.2) is 25.4 Å². The molecular weight excluding hydrogens is 314 g/mol. The van der Waals surface area contributed by atoms with Gasteiger partial charge in [-0.1, -0.05) is 42.5 Å². The van der Waals surface area contributed by atoms with Crippen molar-refractivity contribution in [2.75, 3.05) is 25.2 Å². The summed E-state index contributed by atoms with van der Waals surface area (Å²) in [7, 11) is 1.66. The van der Waals surface area contributed by atoms with Crippen LogP contribution in [-0.2, 0) is 0 Å². The normalized spacial score (nSPS) is 10.3. The quantitative estimate of drug-likeness (QED) is 0.688. The van der Waals surface area contributed by atoms with Gasteiger partial charge in [-0.15, -0.1) is 0 Å². The first-order chi connectivity index (χ1) is 12.3. The highest BCUT2D eigenvalue weighted by Crippen LogP contribution is 2.43. The predicted molar refractivity (Wildman–Crippen MR) is 100 cm³/mol. The van der Waals surface area contributed by atoms with E-state index in [1.807, 2.05) is 78.9 Å². The number of nitrogens with zero attached hydrogens (tertiary/aromatic N) is 1. The Labute approximate surface area is 147 Å². The van der Waals surface area contributed by atoms with Crippen molar-refractivity contribution in [1.29, 1.82) is 0 Å². The van der Waals surface area contributed by atoms with Crippen molar-refractivity contribution >= 4 is 17.1 Å². The number of rotatable bonds is 7. The molecule has 0 aromatic heterocycles. The molecule has 0 amide bonds. The van der Waals surface area contributed by atoms with E-state index in [9.17, 15) is 0 Å². The lowest BCUT2D eigenvalue weighted by Crippen LogP contribution is -2.13. The Morgan fingerprint density at radius 1 is 0.760 bits per heavy atom. The Morgan fingerprint density at radius 2 is 1.32 bits per heavy atom. The average Bonchev–Trinajstić information content (AvgIpc) is 2.69. The zero-order chi connectivity index (χ0) is 17.5. The number of hydrogen-bond donors (Lipinski definition) is 1. The van der Waals surface area contributed by atoms with E-state index < -0.39 is 0 Å². The van der Waals surface area contributed by atoms with Crippen LogP contribution >= 0.6 is 0 Å². The molecular formula is C21H21NO3. The van der Waals surface area contributed by atoms with Gasteiger partial charge in [0.1, 0.15) is 18.1 Å². The third kappa shape index (κ3) is 3.75. The maximum atomic E-state index is 9.11. The average molecular weight is 335 g/mol. The monoisotopic (exact) mass is 335 g/mol. The number of aliphatic hydroxyl groups excluding tert-OH is 1. The molecule has 0 aliphatic carbocycles. The molecule has 0 bridgehead atoms. The van der Waals surface area contributed by atoms with Crippen LogP contribution in [0.3, 0.4) is 0 Å². The lowest BCUT2D eigenvalue weighted by Gasteiger charge is -2.28. The Morgan fingerprint density at radius 3 is 1.96 bits per heavy atom. The van der Waals surface area contributed by atoms with Gasteiger partial charge in [0.25, 0.3) is 0 Å². The van der Waals surface area contributed by atoms with Gasteiger partial charge in [0, 0.05) is 5.69 Å². The third-order valence-corrected chi connectivity index (χ3v) is 3.80. The number of aliphatic hydroxyl groups is 1. The van der Waals surface area contributed by atoms with Gasteiger partial charge in [0.2, 0.25) is 0 Å². The standard InChI is InChI=1S/C21H21NO3/c1-24-20-13-7-5-11-18(20)22(17-9-3-2-4-10-17)19-12-6-8-14-21(19)25-16-15-23/h2-14,23H,15-16H2,1H3. The number of ether oxygens (including phenoxy) is 2. The molecule has 0 atom stereocenters. The van der Waals surface area contributed by atoms with E-state index in [0.29, 0.717) is 5.75 Å². The van der Waals surface area contributed by atoms with E-state index in [2.05, 4.69) is 4.90 Å². The first kappa shape index (κ1) is 16.9. The van der Waals surface area contributed by atoms with E-state index >= 15 is 0 Å². The lowest BCUT2D eigenvalue weighted by atomic mass is 10.1. The SMILES string of the molecule is COc1ccccc1N(c1ccccc1)c1ccccc1OCCO. The lowest BCUT2D eigenvalue weighted by molar-refractivity contribution is 0.202. The largest absolute Gasteiger partial charge is 0.495 e. The maximum absolute atomic E-state index is 9.11. The number of benzene rings is 3. The fraction of sp³-hybridized carbons (Fsp3) is 0.143. The van der Waals surface area contributed by atoms with E-state index in [4.69, 9.17) is 14.6 Å². The summed E-state index contributed by atoms with van der Waals surface area (Å²) in [6.45, 7) is 0.208. The van der Waals surface area contributed by atoms with Gasteiger partial charge in [0.15, 0.2) is 0 Å². The van der Waals surface area contributed by atoms with Gasteiger partial charge < -0.3 is 19.5 Å². The molecule has 25 heavy (non-hydrogen) atoms. The van der Waals surface area contributed by atoms with Gasteiger partial charge in [-0.2, -0.15) is 0 Å². The molecule has 4 heteroatoms. The summed E-state index contributed by atoms with van der Waals surface area (Å²) < 4.78 is 11.3. The molecule has 0 fully saturated rings. The third-order valence-electron chi connectivity index (χ3n) is 3.80. The van der Waals surface area contributed by atoms with Crippen molar-refractivity contribution in [3.63, 3.8) is 0 Å². The maximum Gasteiger partial charge on any atom is 0.143 e. The van der Waals surface area contributed by atoms with Crippen LogP contribution in [0, 0.1) is 0 Å². The summed E-state index contributed by atoms with van der Waals surface area (Å²) in [6, 6.07) is 25.7. The van der Waals surface area contributed by atoms with Crippen LogP contribution < -0.4 is 14.4 Å². The summed E-state index contributed by atoms with van der Waals surface area (Å²) in [4.78, 5) is 2.09. The molecule has 4 nitrogen and oxygen atoms in total. The summed E-state index contributed by atoms with van der Waals surface area (Å²) in [5.74, 6) is 1.47. The van der Waals surface area contributed by atoms with Crippen molar-refractivity contribution in [2.24, 2.45) is 0 Å². The molecule has 0 unspecified atom stereocenters. The summed E-state index contributed by atoms with van der Waals surface area (Å²) in [5, 5.41) is 9.11. The minimum absolute atomic E-state index is 0.0334. The van der Waals surface area contributed by atoms with Crippen LogP contribution in [0.25, 0.3) is 0 Å². The van der Waals surface area contributed by atoms with E-state index in [0.717, 1.165) is 22.8 Å². The first-order valence-corrected chi connectivity index (χ1v) is 8.16. The van der Waals surface area contributed by atoms with Gasteiger partial charge in [0.05, 0.1) is 25.1 Å². The zero-order valence-electron chi connectivity index (χ0n) is 14.1. The Hall–Kier alpha value is -2.98. The molecule has 3 aromatic carbocycles. The highest BCUT2D eigenvalue weighted by Gasteiger charge is 2.19. The second kappa shape index (κ2) is 8.22. The fourth-order valence-electron chi connectivity index (χ4n) is 2.72. The molecule has 0 saturated carbocycles. The molecule has 0 aliphatic rings. The van der Waals surface area contributed by atoms with Crippen LogP contribution in [0.5, 0.6) is 11.5 Å². The van der Waals surface area contributed by atoms with Gasteiger partial charge >= 0.3 is 0 Å². The summed E-state index contributed by atoms with van der Waals surface area (Å²) >= 11 is 0. The predicted octanol–water partition coefficient (Wildman–Crippen LogP) is 4.54. The molecule has 1 N–H and O–H groups in total. The summed E-state index contributed by atoms with van der Waals surface area (Å²) in [6.07, 6.45) is 0. The molecule has 128 valence electrons. The van der Waals surface area contributed by atoms with Crippen molar-refractivity contribution in [1.82, 2.24) is 0 Å². The Bertz CT molecular complexity index is 805. The second-order valence-corrected chi connectivity index (χ2v) is 5.38. The number of anilines is 3. The second-order valence-electron chi connectivity index (χ2n) is 5.38. The molecule has 0 aliphatic heterocycles. The van der Waals surface area contributed by atoms with Crippen LogP contribution in [0.15, 0.2) is 78.9 Å². The van der Waals surface area contributed by atoms with E-state index in [1.165, 1.54) is 0 Å². The topological polar surface area (TPSA) is 41.9 Å². The molecule has 0 spiro atoms.